The topological polar surface area (TPSA) is 49.9 Å². The lowest BCUT2D eigenvalue weighted by Gasteiger charge is -2.36. The lowest BCUT2D eigenvalue weighted by atomic mass is 10.0. The van der Waals surface area contributed by atoms with Crippen molar-refractivity contribution < 1.29 is 14.3 Å². The molecular weight excluding hydrogens is 328 g/mol. The summed E-state index contributed by atoms with van der Waals surface area (Å²) >= 11 is 0. The van der Waals surface area contributed by atoms with Crippen molar-refractivity contribution in [1.29, 1.82) is 0 Å². The minimum absolute atomic E-state index is 0.0570. The second-order valence-electron chi connectivity index (χ2n) is 7.46. The number of carbonyl (C=O) groups excluding carboxylic acids is 2. The SMILES string of the molecule is CCOc1cc(C)c(C(=O)N2CCN(C(=O)C3CCCC3)CC2)cc1C. The lowest BCUT2D eigenvalue weighted by molar-refractivity contribution is -0.136. The Morgan fingerprint density at radius 1 is 1.00 bits per heavy atom. The maximum Gasteiger partial charge on any atom is 0.254 e. The monoisotopic (exact) mass is 358 g/mol. The first kappa shape index (κ1) is 18.7. The van der Waals surface area contributed by atoms with E-state index in [4.69, 9.17) is 4.74 Å². The van der Waals surface area contributed by atoms with Gasteiger partial charge in [-0.2, -0.15) is 0 Å². The van der Waals surface area contributed by atoms with Gasteiger partial charge in [0.25, 0.3) is 5.91 Å². The third kappa shape index (κ3) is 3.87. The quantitative estimate of drug-likeness (QED) is 0.831. The molecule has 0 aromatic heterocycles. The molecule has 1 heterocycles. The summed E-state index contributed by atoms with van der Waals surface area (Å²) in [6.07, 6.45) is 4.40. The fraction of sp³-hybridized carbons (Fsp3) is 0.619. The van der Waals surface area contributed by atoms with Gasteiger partial charge in [0, 0.05) is 37.7 Å². The molecule has 0 spiro atoms. The highest BCUT2D eigenvalue weighted by Crippen LogP contribution is 2.27. The summed E-state index contributed by atoms with van der Waals surface area (Å²) in [6, 6.07) is 3.88. The Hall–Kier alpha value is -2.04. The number of aryl methyl sites for hydroxylation is 2. The molecule has 0 N–H and O–H groups in total. The molecule has 1 aromatic rings. The first-order valence-electron chi connectivity index (χ1n) is 9.83. The molecule has 2 fully saturated rings. The highest BCUT2D eigenvalue weighted by Gasteiger charge is 2.31. The van der Waals surface area contributed by atoms with E-state index < -0.39 is 0 Å². The molecule has 3 rings (SSSR count). The first-order chi connectivity index (χ1) is 12.5. The fourth-order valence-electron chi connectivity index (χ4n) is 4.06. The summed E-state index contributed by atoms with van der Waals surface area (Å²) in [5, 5.41) is 0. The molecule has 1 saturated heterocycles. The van der Waals surface area contributed by atoms with Crippen LogP contribution in [0.2, 0.25) is 0 Å². The number of ether oxygens (including phenoxy) is 1. The summed E-state index contributed by atoms with van der Waals surface area (Å²) in [5.74, 6) is 1.41. The number of nitrogens with zero attached hydrogens (tertiary/aromatic N) is 2. The van der Waals surface area contributed by atoms with E-state index in [1.165, 1.54) is 12.8 Å². The van der Waals surface area contributed by atoms with Crippen molar-refractivity contribution in [1.82, 2.24) is 9.80 Å². The van der Waals surface area contributed by atoms with E-state index in [0.29, 0.717) is 38.7 Å². The van der Waals surface area contributed by atoms with Gasteiger partial charge in [0.05, 0.1) is 6.61 Å². The maximum atomic E-state index is 13.0. The van der Waals surface area contributed by atoms with Crippen molar-refractivity contribution in [2.45, 2.75) is 46.5 Å². The van der Waals surface area contributed by atoms with E-state index in [2.05, 4.69) is 0 Å². The summed E-state index contributed by atoms with van der Waals surface area (Å²) in [5.41, 5.74) is 2.66. The van der Waals surface area contributed by atoms with Gasteiger partial charge in [0.2, 0.25) is 5.91 Å². The van der Waals surface area contributed by atoms with Crippen LogP contribution >= 0.6 is 0 Å². The van der Waals surface area contributed by atoms with Gasteiger partial charge in [0.15, 0.2) is 0 Å². The molecule has 0 radical (unpaired) electrons. The lowest BCUT2D eigenvalue weighted by Crippen LogP contribution is -2.51. The van der Waals surface area contributed by atoms with Crippen molar-refractivity contribution in [2.24, 2.45) is 5.92 Å². The van der Waals surface area contributed by atoms with Gasteiger partial charge in [-0.1, -0.05) is 12.8 Å². The largest absolute Gasteiger partial charge is 0.494 e. The van der Waals surface area contributed by atoms with E-state index in [1.807, 2.05) is 42.7 Å². The molecule has 1 aromatic carbocycles. The second-order valence-corrected chi connectivity index (χ2v) is 7.46. The van der Waals surface area contributed by atoms with Gasteiger partial charge < -0.3 is 14.5 Å². The molecule has 1 aliphatic heterocycles. The van der Waals surface area contributed by atoms with Crippen LogP contribution in [0.15, 0.2) is 12.1 Å². The molecule has 2 amide bonds. The van der Waals surface area contributed by atoms with Crippen LogP contribution in [0.25, 0.3) is 0 Å². The average Bonchev–Trinajstić information content (AvgIpc) is 3.18. The third-order valence-electron chi connectivity index (χ3n) is 5.64. The van der Waals surface area contributed by atoms with Crippen LogP contribution in [0.4, 0.5) is 0 Å². The molecule has 2 aliphatic rings. The normalized spacial score (nSPS) is 18.3. The standard InChI is InChI=1S/C21H30N2O3/c1-4-26-19-14-15(2)18(13-16(19)3)21(25)23-11-9-22(10-12-23)20(24)17-7-5-6-8-17/h13-14,17H,4-12H2,1-3H3. The van der Waals surface area contributed by atoms with E-state index in [1.54, 1.807) is 0 Å². The van der Waals surface area contributed by atoms with E-state index in [9.17, 15) is 9.59 Å². The Bertz CT molecular complexity index is 672. The third-order valence-corrected chi connectivity index (χ3v) is 5.64. The molecule has 5 nitrogen and oxygen atoms in total. The number of hydrogen-bond acceptors (Lipinski definition) is 3. The van der Waals surface area contributed by atoms with Crippen molar-refractivity contribution in [3.63, 3.8) is 0 Å². The fourth-order valence-corrected chi connectivity index (χ4v) is 4.06. The molecule has 0 unspecified atom stereocenters. The van der Waals surface area contributed by atoms with E-state index in [-0.39, 0.29) is 11.8 Å². The number of piperazine rings is 1. The minimum atomic E-state index is 0.0570. The molecule has 1 saturated carbocycles. The second kappa shape index (κ2) is 8.11. The Balaban J connectivity index is 1.63. The van der Waals surface area contributed by atoms with Crippen LogP contribution in [-0.2, 0) is 4.79 Å². The molecular formula is C21H30N2O3. The van der Waals surface area contributed by atoms with Crippen molar-refractivity contribution in [2.75, 3.05) is 32.8 Å². The highest BCUT2D eigenvalue weighted by atomic mass is 16.5. The van der Waals surface area contributed by atoms with Crippen molar-refractivity contribution in [3.05, 3.63) is 28.8 Å². The van der Waals surface area contributed by atoms with Crippen LogP contribution in [0.5, 0.6) is 5.75 Å². The van der Waals surface area contributed by atoms with Crippen molar-refractivity contribution >= 4 is 11.8 Å². The molecule has 5 heteroatoms. The maximum absolute atomic E-state index is 13.0. The number of benzene rings is 1. The first-order valence-corrected chi connectivity index (χ1v) is 9.83. The Labute approximate surface area is 156 Å². The number of hydrogen-bond donors (Lipinski definition) is 0. The van der Waals surface area contributed by atoms with E-state index in [0.717, 1.165) is 35.3 Å². The van der Waals surface area contributed by atoms with E-state index >= 15 is 0 Å². The van der Waals surface area contributed by atoms with Crippen LogP contribution in [-0.4, -0.2) is 54.4 Å². The molecule has 0 atom stereocenters. The number of rotatable bonds is 4. The zero-order valence-corrected chi connectivity index (χ0v) is 16.2. The molecule has 26 heavy (non-hydrogen) atoms. The molecule has 0 bridgehead atoms. The van der Waals surface area contributed by atoms with Crippen LogP contribution in [0, 0.1) is 19.8 Å². The molecule has 142 valence electrons. The van der Waals surface area contributed by atoms with Crippen LogP contribution in [0.3, 0.4) is 0 Å². The van der Waals surface area contributed by atoms with Crippen LogP contribution < -0.4 is 4.74 Å². The summed E-state index contributed by atoms with van der Waals surface area (Å²) in [4.78, 5) is 29.3. The van der Waals surface area contributed by atoms with Gasteiger partial charge in [0.1, 0.15) is 5.75 Å². The minimum Gasteiger partial charge on any atom is -0.494 e. The van der Waals surface area contributed by atoms with Gasteiger partial charge in [-0.05, 0) is 56.9 Å². The number of carbonyl (C=O) groups is 2. The number of amides is 2. The zero-order chi connectivity index (χ0) is 18.7. The average molecular weight is 358 g/mol. The molecule has 1 aliphatic carbocycles. The zero-order valence-electron chi connectivity index (χ0n) is 16.2. The Morgan fingerprint density at radius 2 is 1.62 bits per heavy atom. The Morgan fingerprint density at radius 3 is 2.23 bits per heavy atom. The highest BCUT2D eigenvalue weighted by molar-refractivity contribution is 5.96. The van der Waals surface area contributed by atoms with Gasteiger partial charge in [-0.3, -0.25) is 9.59 Å². The van der Waals surface area contributed by atoms with Gasteiger partial charge >= 0.3 is 0 Å². The Kier molecular flexibility index (Phi) is 5.84. The van der Waals surface area contributed by atoms with Gasteiger partial charge in [-0.15, -0.1) is 0 Å². The summed E-state index contributed by atoms with van der Waals surface area (Å²) in [7, 11) is 0. The van der Waals surface area contributed by atoms with Gasteiger partial charge in [-0.25, -0.2) is 0 Å². The summed E-state index contributed by atoms with van der Waals surface area (Å²) < 4.78 is 5.62. The van der Waals surface area contributed by atoms with Crippen LogP contribution in [0.1, 0.15) is 54.1 Å². The van der Waals surface area contributed by atoms with Crippen molar-refractivity contribution in [3.8, 4) is 5.75 Å². The predicted octanol–water partition coefficient (Wildman–Crippen LogP) is 3.18. The predicted molar refractivity (Wildman–Crippen MR) is 102 cm³/mol. The smallest absolute Gasteiger partial charge is 0.254 e. The summed E-state index contributed by atoms with van der Waals surface area (Å²) in [6.45, 7) is 9.03.